The van der Waals surface area contributed by atoms with Crippen LogP contribution in [0.15, 0.2) is 21.2 Å². The number of nitrogens with two attached hydrogens (primary N) is 1. The van der Waals surface area contributed by atoms with Gasteiger partial charge in [0.25, 0.3) is 0 Å². The monoisotopic (exact) mass is 271 g/mol. The van der Waals surface area contributed by atoms with Gasteiger partial charge in [-0.15, -0.1) is 0 Å². The molecule has 15 heavy (non-hydrogen) atoms. The van der Waals surface area contributed by atoms with Gasteiger partial charge in [-0.25, -0.2) is 0 Å². The molecule has 84 valence electrons. The fourth-order valence-corrected chi connectivity index (χ4v) is 3.02. The largest absolute Gasteiger partial charge is 0.468 e. The summed E-state index contributed by atoms with van der Waals surface area (Å²) in [5.41, 5.74) is 6.18. The first-order valence-electron chi connectivity index (χ1n) is 5.70. The van der Waals surface area contributed by atoms with Gasteiger partial charge >= 0.3 is 0 Å². The molecule has 2 nitrogen and oxygen atoms in total. The molecule has 0 bridgehead atoms. The molecule has 1 heterocycles. The quantitative estimate of drug-likeness (QED) is 0.892. The summed E-state index contributed by atoms with van der Waals surface area (Å²) >= 11 is 3.52. The van der Waals surface area contributed by atoms with Gasteiger partial charge in [-0.05, 0) is 47.2 Å². The van der Waals surface area contributed by atoms with Crippen molar-refractivity contribution in [2.45, 2.75) is 44.6 Å². The zero-order chi connectivity index (χ0) is 10.8. The highest BCUT2D eigenvalue weighted by Crippen LogP contribution is 2.39. The summed E-state index contributed by atoms with van der Waals surface area (Å²) in [5, 5.41) is 0. The lowest BCUT2D eigenvalue weighted by atomic mass is 9.76. The molecule has 3 unspecified atom stereocenters. The van der Waals surface area contributed by atoms with E-state index < -0.39 is 0 Å². The highest BCUT2D eigenvalue weighted by molar-refractivity contribution is 9.10. The normalized spacial score (nSPS) is 31.8. The number of furan rings is 1. The topological polar surface area (TPSA) is 39.2 Å². The van der Waals surface area contributed by atoms with Crippen molar-refractivity contribution in [3.8, 4) is 0 Å². The van der Waals surface area contributed by atoms with Crippen LogP contribution in [0.1, 0.15) is 44.3 Å². The number of hydrogen-bond acceptors (Lipinski definition) is 2. The van der Waals surface area contributed by atoms with E-state index in [1.165, 1.54) is 19.3 Å². The predicted octanol–water partition coefficient (Wildman–Crippen LogP) is 3.66. The third kappa shape index (κ3) is 2.28. The zero-order valence-corrected chi connectivity index (χ0v) is 10.7. The zero-order valence-electron chi connectivity index (χ0n) is 9.08. The summed E-state index contributed by atoms with van der Waals surface area (Å²) in [4.78, 5) is 0. The number of hydrogen-bond donors (Lipinski definition) is 1. The summed E-state index contributed by atoms with van der Waals surface area (Å²) in [6.45, 7) is 2.26. The van der Waals surface area contributed by atoms with Crippen LogP contribution in [0.5, 0.6) is 0 Å². The second-order valence-electron chi connectivity index (χ2n) is 4.49. The van der Waals surface area contributed by atoms with Crippen molar-refractivity contribution in [2.75, 3.05) is 0 Å². The summed E-state index contributed by atoms with van der Waals surface area (Å²) < 4.78 is 6.61. The number of halogens is 1. The van der Waals surface area contributed by atoms with Crippen LogP contribution in [0.4, 0.5) is 0 Å². The molecule has 1 aliphatic rings. The first kappa shape index (κ1) is 11.2. The van der Waals surface area contributed by atoms with Gasteiger partial charge in [0.05, 0.1) is 10.7 Å². The Morgan fingerprint density at radius 1 is 1.53 bits per heavy atom. The first-order chi connectivity index (χ1) is 7.22. The van der Waals surface area contributed by atoms with Crippen molar-refractivity contribution < 1.29 is 4.42 Å². The molecule has 0 saturated heterocycles. The molecule has 1 saturated carbocycles. The minimum absolute atomic E-state index is 0.259. The molecule has 1 aliphatic carbocycles. The lowest BCUT2D eigenvalue weighted by Crippen LogP contribution is -2.34. The molecule has 0 amide bonds. The van der Waals surface area contributed by atoms with Crippen LogP contribution in [0.3, 0.4) is 0 Å². The van der Waals surface area contributed by atoms with E-state index in [9.17, 15) is 0 Å². The third-order valence-electron chi connectivity index (χ3n) is 3.57. The van der Waals surface area contributed by atoms with Crippen LogP contribution in [0, 0.1) is 5.92 Å². The maximum absolute atomic E-state index is 6.18. The lowest BCUT2D eigenvalue weighted by Gasteiger charge is -2.32. The van der Waals surface area contributed by atoms with Crippen LogP contribution >= 0.6 is 15.9 Å². The van der Waals surface area contributed by atoms with Crippen molar-refractivity contribution in [3.05, 3.63) is 22.6 Å². The van der Waals surface area contributed by atoms with Gasteiger partial charge < -0.3 is 10.2 Å². The van der Waals surface area contributed by atoms with E-state index in [4.69, 9.17) is 10.2 Å². The van der Waals surface area contributed by atoms with Gasteiger partial charge in [0.2, 0.25) is 0 Å². The molecule has 1 aromatic heterocycles. The minimum Gasteiger partial charge on any atom is -0.468 e. The summed E-state index contributed by atoms with van der Waals surface area (Å²) in [6, 6.07) is 2.22. The van der Waals surface area contributed by atoms with E-state index in [1.807, 2.05) is 6.07 Å². The van der Waals surface area contributed by atoms with Gasteiger partial charge in [0, 0.05) is 12.0 Å². The second-order valence-corrected chi connectivity index (χ2v) is 5.34. The Balaban J connectivity index is 2.16. The minimum atomic E-state index is 0.259. The molecular weight excluding hydrogens is 254 g/mol. The van der Waals surface area contributed by atoms with Crippen LogP contribution in [0.25, 0.3) is 0 Å². The Hall–Kier alpha value is -0.280. The highest BCUT2D eigenvalue weighted by atomic mass is 79.9. The van der Waals surface area contributed by atoms with Crippen molar-refractivity contribution >= 4 is 15.9 Å². The fourth-order valence-electron chi connectivity index (χ4n) is 2.52. The number of rotatable bonds is 2. The van der Waals surface area contributed by atoms with Crippen LogP contribution in [0.2, 0.25) is 0 Å². The molecule has 0 radical (unpaired) electrons. The summed E-state index contributed by atoms with van der Waals surface area (Å²) in [7, 11) is 0. The van der Waals surface area contributed by atoms with Gasteiger partial charge in [-0.2, -0.15) is 0 Å². The Morgan fingerprint density at radius 2 is 2.33 bits per heavy atom. The fraction of sp³-hybridized carbons (Fsp3) is 0.667. The van der Waals surface area contributed by atoms with Crippen molar-refractivity contribution in [1.29, 1.82) is 0 Å². The van der Waals surface area contributed by atoms with E-state index >= 15 is 0 Å². The molecule has 0 aromatic carbocycles. The van der Waals surface area contributed by atoms with Gasteiger partial charge in [0.1, 0.15) is 5.76 Å². The molecule has 0 spiro atoms. The van der Waals surface area contributed by atoms with Crippen molar-refractivity contribution in [2.24, 2.45) is 11.7 Å². The maximum atomic E-state index is 6.18. The molecule has 2 rings (SSSR count). The Labute approximate surface area is 99.3 Å². The lowest BCUT2D eigenvalue weighted by molar-refractivity contribution is 0.257. The maximum Gasteiger partial charge on any atom is 0.122 e. The first-order valence-corrected chi connectivity index (χ1v) is 6.50. The molecule has 3 atom stereocenters. The summed E-state index contributed by atoms with van der Waals surface area (Å²) in [5.74, 6) is 2.25. The van der Waals surface area contributed by atoms with Crippen LogP contribution in [-0.2, 0) is 0 Å². The van der Waals surface area contributed by atoms with E-state index in [2.05, 4.69) is 22.9 Å². The van der Waals surface area contributed by atoms with Gasteiger partial charge in [0.15, 0.2) is 0 Å². The Kier molecular flexibility index (Phi) is 3.52. The second kappa shape index (κ2) is 4.71. The molecular formula is C12H18BrNO. The van der Waals surface area contributed by atoms with E-state index in [0.29, 0.717) is 5.92 Å². The van der Waals surface area contributed by atoms with E-state index in [0.717, 1.165) is 22.6 Å². The molecule has 1 aromatic rings. The molecule has 1 fully saturated rings. The van der Waals surface area contributed by atoms with Crippen LogP contribution in [-0.4, -0.2) is 6.04 Å². The van der Waals surface area contributed by atoms with Gasteiger partial charge in [-0.1, -0.05) is 13.3 Å². The smallest absolute Gasteiger partial charge is 0.122 e. The molecule has 3 heteroatoms. The predicted molar refractivity (Wildman–Crippen MR) is 64.8 cm³/mol. The summed E-state index contributed by atoms with van der Waals surface area (Å²) in [6.07, 6.45) is 6.55. The average molecular weight is 272 g/mol. The third-order valence-corrected chi connectivity index (χ3v) is 4.23. The van der Waals surface area contributed by atoms with Crippen molar-refractivity contribution in [3.63, 3.8) is 0 Å². The van der Waals surface area contributed by atoms with Gasteiger partial charge in [-0.3, -0.25) is 0 Å². The Morgan fingerprint density at radius 3 is 2.93 bits per heavy atom. The Bertz CT molecular complexity index is 323. The molecule has 2 N–H and O–H groups in total. The average Bonchev–Trinajstić information content (AvgIpc) is 2.65. The molecule has 0 aliphatic heterocycles. The van der Waals surface area contributed by atoms with Crippen LogP contribution < -0.4 is 5.73 Å². The van der Waals surface area contributed by atoms with E-state index in [1.54, 1.807) is 6.26 Å². The van der Waals surface area contributed by atoms with E-state index in [-0.39, 0.29) is 6.04 Å². The SMILES string of the molecule is CCC1CCC(N)C(c2occc2Br)C1. The standard InChI is InChI=1S/C12H18BrNO/c1-2-8-3-4-11(14)9(7-8)12-10(13)5-6-15-12/h5-6,8-9,11H,2-4,7,14H2,1H3. The highest BCUT2D eigenvalue weighted by Gasteiger charge is 2.31. The van der Waals surface area contributed by atoms with Crippen molar-refractivity contribution in [1.82, 2.24) is 0 Å².